The van der Waals surface area contributed by atoms with Crippen LogP contribution in [0.2, 0.25) is 0 Å². The maximum Gasteiger partial charge on any atom is 0.393 e. The maximum atomic E-state index is 12.7. The molecule has 0 heterocycles. The molecule has 0 fully saturated rings. The smallest absolute Gasteiger partial charge is 0.393 e. The van der Waals surface area contributed by atoms with Crippen LogP contribution >= 0.6 is 15.9 Å². The van der Waals surface area contributed by atoms with Gasteiger partial charge in [-0.1, -0.05) is 40.2 Å². The number of halogens is 4. The highest BCUT2D eigenvalue weighted by Gasteiger charge is 2.30. The van der Waals surface area contributed by atoms with E-state index in [-0.39, 0.29) is 11.3 Å². The minimum atomic E-state index is -4.30. The van der Waals surface area contributed by atoms with E-state index in [0.29, 0.717) is 15.7 Å². The van der Waals surface area contributed by atoms with Crippen molar-refractivity contribution in [3.05, 3.63) is 57.6 Å². The van der Waals surface area contributed by atoms with Gasteiger partial charge in [0.25, 0.3) is 0 Å². The number of hydrogen-bond donors (Lipinski definition) is 1. The molecular weight excluding hydrogens is 371 g/mol. The van der Waals surface area contributed by atoms with Crippen molar-refractivity contribution in [2.45, 2.75) is 12.6 Å². The van der Waals surface area contributed by atoms with Gasteiger partial charge in [0.15, 0.2) is 0 Å². The second kappa shape index (κ2) is 7.08. The molecule has 122 valence electrons. The lowest BCUT2D eigenvalue weighted by Crippen LogP contribution is -2.12. The molecule has 0 aliphatic rings. The molecule has 0 aliphatic heterocycles. The fourth-order valence-corrected chi connectivity index (χ4v) is 2.71. The highest BCUT2D eigenvalue weighted by atomic mass is 79.9. The van der Waals surface area contributed by atoms with Gasteiger partial charge in [0, 0.05) is 21.3 Å². The van der Waals surface area contributed by atoms with Crippen molar-refractivity contribution >= 4 is 33.8 Å². The summed E-state index contributed by atoms with van der Waals surface area (Å²) in [6.07, 6.45) is -1.83. The third-order valence-corrected chi connectivity index (χ3v) is 3.60. The van der Waals surface area contributed by atoms with Crippen molar-refractivity contribution in [2.24, 2.45) is 0 Å². The first kappa shape index (κ1) is 17.4. The quantitative estimate of drug-likeness (QED) is 0.571. The highest BCUT2D eigenvalue weighted by Crippen LogP contribution is 2.34. The molecule has 0 atom stereocenters. The molecule has 2 nitrogen and oxygen atoms in total. The predicted molar refractivity (Wildman–Crippen MR) is 90.2 cm³/mol. The monoisotopic (exact) mass is 385 g/mol. The van der Waals surface area contributed by atoms with E-state index in [4.69, 9.17) is 10.5 Å². The number of hydrogen-bond acceptors (Lipinski definition) is 2. The Balaban J connectivity index is 2.39. The number of ether oxygens (including phenoxy) is 1. The minimum absolute atomic E-state index is 0.0892. The van der Waals surface area contributed by atoms with E-state index in [1.54, 1.807) is 30.4 Å². The average Bonchev–Trinajstić information content (AvgIpc) is 2.44. The van der Waals surface area contributed by atoms with Crippen molar-refractivity contribution < 1.29 is 17.9 Å². The Hall–Kier alpha value is -1.95. The summed E-state index contributed by atoms with van der Waals surface area (Å²) in [6.45, 7) is 0. The summed E-state index contributed by atoms with van der Waals surface area (Å²) in [5.74, 6) is 0.220. The molecule has 0 aromatic heterocycles. The normalized spacial score (nSPS) is 11.9. The minimum Gasteiger partial charge on any atom is -0.496 e. The van der Waals surface area contributed by atoms with Gasteiger partial charge in [-0.15, -0.1) is 0 Å². The summed E-state index contributed by atoms with van der Waals surface area (Å²) in [6, 6.07) is 10.3. The van der Waals surface area contributed by atoms with Crippen LogP contribution in [0.25, 0.3) is 12.2 Å². The van der Waals surface area contributed by atoms with Crippen LogP contribution in [0.15, 0.2) is 40.9 Å². The topological polar surface area (TPSA) is 35.2 Å². The highest BCUT2D eigenvalue weighted by molar-refractivity contribution is 9.10. The summed E-state index contributed by atoms with van der Waals surface area (Å²) >= 11 is 3.25. The zero-order valence-electron chi connectivity index (χ0n) is 12.3. The van der Waals surface area contributed by atoms with Crippen molar-refractivity contribution in [1.82, 2.24) is 0 Å². The molecule has 2 aromatic carbocycles. The van der Waals surface area contributed by atoms with Crippen molar-refractivity contribution in [2.75, 3.05) is 12.8 Å². The first-order chi connectivity index (χ1) is 10.8. The van der Waals surface area contributed by atoms with Crippen LogP contribution in [0.1, 0.15) is 16.7 Å². The Labute approximate surface area is 140 Å². The number of anilines is 1. The number of nitrogen functional groups attached to an aromatic ring is 1. The third-order valence-electron chi connectivity index (χ3n) is 3.15. The molecule has 0 unspecified atom stereocenters. The number of methoxy groups -OCH3 is 1. The summed E-state index contributed by atoms with van der Waals surface area (Å²) in [7, 11) is 1.36. The molecule has 0 aliphatic carbocycles. The van der Waals surface area contributed by atoms with Crippen LogP contribution in [-0.4, -0.2) is 13.3 Å². The van der Waals surface area contributed by atoms with Gasteiger partial charge in [0.2, 0.25) is 0 Å². The van der Waals surface area contributed by atoms with E-state index < -0.39 is 12.6 Å². The summed E-state index contributed by atoms with van der Waals surface area (Å²) < 4.78 is 43.9. The van der Waals surface area contributed by atoms with Crippen LogP contribution in [0.5, 0.6) is 5.75 Å². The summed E-state index contributed by atoms with van der Waals surface area (Å²) in [5.41, 5.74) is 7.81. The molecule has 6 heteroatoms. The lowest BCUT2D eigenvalue weighted by Gasteiger charge is -2.14. The summed E-state index contributed by atoms with van der Waals surface area (Å²) in [4.78, 5) is 0. The van der Waals surface area contributed by atoms with E-state index in [1.807, 2.05) is 12.1 Å². The van der Waals surface area contributed by atoms with E-state index in [0.717, 1.165) is 5.56 Å². The molecule has 2 N–H and O–H groups in total. The standard InChI is InChI=1S/C17H15BrF3NO/c1-23-16-12(5-2-11-3-6-15(22)7-4-11)8-14(18)9-13(16)10-17(19,20)21/h2-9H,10,22H2,1H3/b5-2+. The molecule has 2 aromatic rings. The number of benzene rings is 2. The number of rotatable bonds is 4. The molecule has 0 radical (unpaired) electrons. The molecular formula is C17H15BrF3NO. The van der Waals surface area contributed by atoms with Gasteiger partial charge in [0.1, 0.15) is 5.75 Å². The van der Waals surface area contributed by atoms with Gasteiger partial charge in [-0.05, 0) is 29.8 Å². The zero-order chi connectivity index (χ0) is 17.0. The van der Waals surface area contributed by atoms with Crippen LogP contribution in [0, 0.1) is 0 Å². The third kappa shape index (κ3) is 5.03. The Kier molecular flexibility index (Phi) is 5.36. The average molecular weight is 386 g/mol. The molecule has 2 rings (SSSR count). The predicted octanol–water partition coefficient (Wildman–Crippen LogP) is 5.32. The fraction of sp³-hybridized carbons (Fsp3) is 0.176. The Bertz CT molecular complexity index is 709. The van der Waals surface area contributed by atoms with Crippen LogP contribution < -0.4 is 10.5 Å². The lowest BCUT2D eigenvalue weighted by atomic mass is 10.0. The van der Waals surface area contributed by atoms with Gasteiger partial charge in [-0.25, -0.2) is 0 Å². The largest absolute Gasteiger partial charge is 0.496 e. The molecule has 23 heavy (non-hydrogen) atoms. The van der Waals surface area contributed by atoms with Crippen LogP contribution in [0.4, 0.5) is 18.9 Å². The Morgan fingerprint density at radius 1 is 1.13 bits per heavy atom. The second-order valence-electron chi connectivity index (χ2n) is 4.98. The van der Waals surface area contributed by atoms with Crippen molar-refractivity contribution in [3.8, 4) is 5.75 Å². The molecule has 0 bridgehead atoms. The Morgan fingerprint density at radius 2 is 1.78 bits per heavy atom. The Morgan fingerprint density at radius 3 is 2.35 bits per heavy atom. The van der Waals surface area contributed by atoms with E-state index in [9.17, 15) is 13.2 Å². The fourth-order valence-electron chi connectivity index (χ4n) is 2.19. The van der Waals surface area contributed by atoms with E-state index in [2.05, 4.69) is 15.9 Å². The van der Waals surface area contributed by atoms with Crippen molar-refractivity contribution in [1.29, 1.82) is 0 Å². The van der Waals surface area contributed by atoms with Gasteiger partial charge >= 0.3 is 6.18 Å². The molecule has 0 saturated carbocycles. The number of nitrogens with two attached hydrogens (primary N) is 1. The second-order valence-corrected chi connectivity index (χ2v) is 5.90. The molecule has 0 saturated heterocycles. The molecule has 0 spiro atoms. The van der Waals surface area contributed by atoms with Gasteiger partial charge in [0.05, 0.1) is 13.5 Å². The van der Waals surface area contributed by atoms with Crippen LogP contribution in [-0.2, 0) is 6.42 Å². The van der Waals surface area contributed by atoms with Crippen LogP contribution in [0.3, 0.4) is 0 Å². The van der Waals surface area contributed by atoms with Gasteiger partial charge < -0.3 is 10.5 Å². The maximum absolute atomic E-state index is 12.7. The molecule has 0 amide bonds. The first-order valence-corrected chi connectivity index (χ1v) is 7.54. The first-order valence-electron chi connectivity index (χ1n) is 6.75. The lowest BCUT2D eigenvalue weighted by molar-refractivity contribution is -0.127. The van der Waals surface area contributed by atoms with Gasteiger partial charge in [-0.3, -0.25) is 0 Å². The van der Waals surface area contributed by atoms with Crippen molar-refractivity contribution in [3.63, 3.8) is 0 Å². The summed E-state index contributed by atoms with van der Waals surface area (Å²) in [5, 5.41) is 0. The SMILES string of the molecule is COc1c(/C=C/c2ccc(N)cc2)cc(Br)cc1CC(F)(F)F. The van der Waals surface area contributed by atoms with E-state index in [1.165, 1.54) is 13.2 Å². The van der Waals surface area contributed by atoms with Gasteiger partial charge in [-0.2, -0.15) is 13.2 Å². The van der Waals surface area contributed by atoms with E-state index >= 15 is 0 Å². The number of alkyl halides is 3. The zero-order valence-corrected chi connectivity index (χ0v) is 13.9.